The standard InChI is InChI=1S/C15H15BrFN/c1-10-3-4-12(11(2)7-10)9-18-13-5-6-15(17)14(16)8-13/h3-8,18H,9H2,1-2H3. The van der Waals surface area contributed by atoms with Crippen molar-refractivity contribution in [2.45, 2.75) is 20.4 Å². The second kappa shape index (κ2) is 5.53. The van der Waals surface area contributed by atoms with E-state index in [1.54, 1.807) is 12.1 Å². The number of halogens is 2. The molecule has 0 aliphatic heterocycles. The van der Waals surface area contributed by atoms with Crippen LogP contribution in [0.1, 0.15) is 16.7 Å². The molecule has 0 heterocycles. The average molecular weight is 308 g/mol. The molecule has 3 heteroatoms. The molecule has 2 rings (SSSR count). The Labute approximate surface area is 115 Å². The van der Waals surface area contributed by atoms with E-state index in [1.807, 2.05) is 0 Å². The van der Waals surface area contributed by atoms with Gasteiger partial charge in [0.2, 0.25) is 0 Å². The Morgan fingerprint density at radius 2 is 1.89 bits per heavy atom. The molecule has 0 saturated carbocycles. The van der Waals surface area contributed by atoms with Gasteiger partial charge in [-0.3, -0.25) is 0 Å². The first-order valence-electron chi connectivity index (χ1n) is 5.81. The molecule has 2 aromatic carbocycles. The smallest absolute Gasteiger partial charge is 0.137 e. The van der Waals surface area contributed by atoms with E-state index >= 15 is 0 Å². The molecule has 0 unspecified atom stereocenters. The van der Waals surface area contributed by atoms with Gasteiger partial charge in [0.1, 0.15) is 5.82 Å². The molecule has 0 amide bonds. The molecule has 18 heavy (non-hydrogen) atoms. The fraction of sp³-hybridized carbons (Fsp3) is 0.200. The minimum Gasteiger partial charge on any atom is -0.381 e. The summed E-state index contributed by atoms with van der Waals surface area (Å²) in [5.74, 6) is -0.243. The molecule has 0 aromatic heterocycles. The minimum absolute atomic E-state index is 0.243. The number of hydrogen-bond acceptors (Lipinski definition) is 1. The van der Waals surface area contributed by atoms with E-state index < -0.39 is 0 Å². The summed E-state index contributed by atoms with van der Waals surface area (Å²) < 4.78 is 13.6. The third-order valence-corrected chi connectivity index (χ3v) is 3.51. The van der Waals surface area contributed by atoms with Crippen LogP contribution in [0.3, 0.4) is 0 Å². The topological polar surface area (TPSA) is 12.0 Å². The van der Waals surface area contributed by atoms with E-state index in [-0.39, 0.29) is 5.82 Å². The molecule has 1 N–H and O–H groups in total. The van der Waals surface area contributed by atoms with Gasteiger partial charge in [0, 0.05) is 12.2 Å². The number of hydrogen-bond donors (Lipinski definition) is 1. The van der Waals surface area contributed by atoms with Crippen LogP contribution in [0.5, 0.6) is 0 Å². The van der Waals surface area contributed by atoms with Crippen molar-refractivity contribution in [3.05, 3.63) is 63.4 Å². The van der Waals surface area contributed by atoms with Gasteiger partial charge in [-0.2, -0.15) is 0 Å². The van der Waals surface area contributed by atoms with Crippen LogP contribution in [0.2, 0.25) is 0 Å². The van der Waals surface area contributed by atoms with Crippen molar-refractivity contribution in [2.24, 2.45) is 0 Å². The SMILES string of the molecule is Cc1ccc(CNc2ccc(F)c(Br)c2)c(C)c1. The van der Waals surface area contributed by atoms with E-state index in [0.717, 1.165) is 12.2 Å². The lowest BCUT2D eigenvalue weighted by Gasteiger charge is -2.10. The Bertz CT molecular complexity index is 566. The third-order valence-electron chi connectivity index (χ3n) is 2.90. The maximum Gasteiger partial charge on any atom is 0.137 e. The van der Waals surface area contributed by atoms with Crippen molar-refractivity contribution in [1.82, 2.24) is 0 Å². The summed E-state index contributed by atoms with van der Waals surface area (Å²) in [7, 11) is 0. The number of anilines is 1. The van der Waals surface area contributed by atoms with Gasteiger partial charge in [-0.15, -0.1) is 0 Å². The highest BCUT2D eigenvalue weighted by Gasteiger charge is 2.02. The minimum atomic E-state index is -0.243. The zero-order valence-electron chi connectivity index (χ0n) is 10.4. The molecule has 2 aromatic rings. The highest BCUT2D eigenvalue weighted by atomic mass is 79.9. The van der Waals surface area contributed by atoms with Crippen LogP contribution in [-0.4, -0.2) is 0 Å². The number of aryl methyl sites for hydroxylation is 2. The molecule has 94 valence electrons. The first-order valence-corrected chi connectivity index (χ1v) is 6.60. The zero-order valence-corrected chi connectivity index (χ0v) is 12.0. The predicted molar refractivity (Wildman–Crippen MR) is 77.3 cm³/mol. The van der Waals surface area contributed by atoms with Gasteiger partial charge in [0.15, 0.2) is 0 Å². The summed E-state index contributed by atoms with van der Waals surface area (Å²) in [5.41, 5.74) is 4.69. The largest absolute Gasteiger partial charge is 0.381 e. The summed E-state index contributed by atoms with van der Waals surface area (Å²) in [4.78, 5) is 0. The van der Waals surface area contributed by atoms with E-state index in [4.69, 9.17) is 0 Å². The van der Waals surface area contributed by atoms with Gasteiger partial charge >= 0.3 is 0 Å². The molecule has 0 bridgehead atoms. The number of nitrogens with one attached hydrogen (secondary N) is 1. The Hall–Kier alpha value is -1.35. The summed E-state index contributed by atoms with van der Waals surface area (Å²) in [6.45, 7) is 4.93. The monoisotopic (exact) mass is 307 g/mol. The molecule has 0 spiro atoms. The van der Waals surface area contributed by atoms with Crippen molar-refractivity contribution in [3.63, 3.8) is 0 Å². The van der Waals surface area contributed by atoms with Gasteiger partial charge in [-0.25, -0.2) is 4.39 Å². The summed E-state index contributed by atoms with van der Waals surface area (Å²) >= 11 is 3.18. The zero-order chi connectivity index (χ0) is 13.1. The third kappa shape index (κ3) is 3.10. The molecule has 0 saturated heterocycles. The first kappa shape index (κ1) is 13.1. The van der Waals surface area contributed by atoms with Gasteiger partial charge in [0.05, 0.1) is 4.47 Å². The van der Waals surface area contributed by atoms with Gasteiger partial charge < -0.3 is 5.32 Å². The Kier molecular flexibility index (Phi) is 4.02. The lowest BCUT2D eigenvalue weighted by molar-refractivity contribution is 0.621. The lowest BCUT2D eigenvalue weighted by Crippen LogP contribution is -2.01. The van der Waals surface area contributed by atoms with Crippen molar-refractivity contribution < 1.29 is 4.39 Å². The predicted octanol–water partition coefficient (Wildman–Crippen LogP) is 4.82. The molecule has 0 aliphatic carbocycles. The summed E-state index contributed by atoms with van der Waals surface area (Å²) in [5, 5.41) is 3.29. The van der Waals surface area contributed by atoms with Crippen LogP contribution in [0.4, 0.5) is 10.1 Å². The second-order valence-electron chi connectivity index (χ2n) is 4.41. The van der Waals surface area contributed by atoms with E-state index in [2.05, 4.69) is 53.3 Å². The van der Waals surface area contributed by atoms with E-state index in [0.29, 0.717) is 4.47 Å². The fourth-order valence-electron chi connectivity index (χ4n) is 1.85. The average Bonchev–Trinajstić information content (AvgIpc) is 2.32. The van der Waals surface area contributed by atoms with Gasteiger partial charge in [0.25, 0.3) is 0 Å². The van der Waals surface area contributed by atoms with Crippen molar-refractivity contribution in [2.75, 3.05) is 5.32 Å². The molecule has 0 radical (unpaired) electrons. The summed E-state index contributed by atoms with van der Waals surface area (Å²) in [6.07, 6.45) is 0. The highest BCUT2D eigenvalue weighted by Crippen LogP contribution is 2.21. The van der Waals surface area contributed by atoms with Crippen LogP contribution in [0, 0.1) is 19.7 Å². The molecular weight excluding hydrogens is 293 g/mol. The normalized spacial score (nSPS) is 10.4. The maximum absolute atomic E-state index is 13.1. The molecule has 0 fully saturated rings. The van der Waals surface area contributed by atoms with Crippen LogP contribution in [0.25, 0.3) is 0 Å². The number of rotatable bonds is 3. The van der Waals surface area contributed by atoms with Crippen LogP contribution in [-0.2, 0) is 6.54 Å². The Morgan fingerprint density at radius 1 is 1.11 bits per heavy atom. The molecule has 1 nitrogen and oxygen atoms in total. The fourth-order valence-corrected chi connectivity index (χ4v) is 2.23. The van der Waals surface area contributed by atoms with E-state index in [1.165, 1.54) is 22.8 Å². The van der Waals surface area contributed by atoms with Crippen molar-refractivity contribution in [3.8, 4) is 0 Å². The van der Waals surface area contributed by atoms with Gasteiger partial charge in [-0.05, 0) is 59.1 Å². The Balaban J connectivity index is 2.09. The highest BCUT2D eigenvalue weighted by molar-refractivity contribution is 9.10. The Morgan fingerprint density at radius 3 is 2.56 bits per heavy atom. The van der Waals surface area contributed by atoms with Crippen LogP contribution < -0.4 is 5.32 Å². The van der Waals surface area contributed by atoms with Crippen LogP contribution in [0.15, 0.2) is 40.9 Å². The van der Waals surface area contributed by atoms with E-state index in [9.17, 15) is 4.39 Å². The molecule has 0 atom stereocenters. The second-order valence-corrected chi connectivity index (χ2v) is 5.27. The van der Waals surface area contributed by atoms with Gasteiger partial charge in [-0.1, -0.05) is 23.8 Å². The maximum atomic E-state index is 13.1. The molecular formula is C15H15BrFN. The lowest BCUT2D eigenvalue weighted by atomic mass is 10.1. The summed E-state index contributed by atoms with van der Waals surface area (Å²) in [6, 6.07) is 11.3. The number of benzene rings is 2. The quantitative estimate of drug-likeness (QED) is 0.857. The van der Waals surface area contributed by atoms with Crippen LogP contribution >= 0.6 is 15.9 Å². The van der Waals surface area contributed by atoms with Crippen molar-refractivity contribution in [1.29, 1.82) is 0 Å². The van der Waals surface area contributed by atoms with Crippen molar-refractivity contribution >= 4 is 21.6 Å². The molecule has 0 aliphatic rings. The first-order chi connectivity index (χ1) is 8.56.